The number of hydrogen-bond donors (Lipinski definition) is 6. The highest BCUT2D eigenvalue weighted by atomic mass is 16.7. The van der Waals surface area contributed by atoms with Gasteiger partial charge in [-0.05, 0) is 89.9 Å². The van der Waals surface area contributed by atoms with Crippen molar-refractivity contribution in [3.8, 4) is 0 Å². The zero-order valence-corrected chi connectivity index (χ0v) is 55.3. The predicted molar refractivity (Wildman–Crippen MR) is 368 cm³/mol. The summed E-state index contributed by atoms with van der Waals surface area (Å²) in [5, 5.41) is 54.8. The van der Waals surface area contributed by atoms with Crippen LogP contribution < -0.4 is 5.32 Å². The Bertz CT molecular complexity index is 1780. The van der Waals surface area contributed by atoms with Gasteiger partial charge in [-0.25, -0.2) is 0 Å². The average molecular weight is 1200 g/mol. The fourth-order valence-electron chi connectivity index (χ4n) is 10.7. The molecule has 9 nitrogen and oxygen atoms in total. The Morgan fingerprint density at radius 3 is 1.07 bits per heavy atom. The maximum Gasteiger partial charge on any atom is 0.220 e. The van der Waals surface area contributed by atoms with E-state index >= 15 is 0 Å². The Hall–Kier alpha value is -3.41. The van der Waals surface area contributed by atoms with Crippen molar-refractivity contribution >= 4 is 5.91 Å². The molecule has 0 aliphatic carbocycles. The summed E-state index contributed by atoms with van der Waals surface area (Å²) in [6.45, 7) is 3.68. The second kappa shape index (κ2) is 64.6. The Labute approximate surface area is 528 Å². The molecule has 1 aliphatic heterocycles. The molecule has 1 aliphatic rings. The van der Waals surface area contributed by atoms with Gasteiger partial charge in [-0.3, -0.25) is 4.79 Å². The van der Waals surface area contributed by atoms with E-state index in [0.29, 0.717) is 6.42 Å². The lowest BCUT2D eigenvalue weighted by atomic mass is 9.99. The SMILES string of the molecule is CC/C=C\C/C=C\C/C=C\C/C=C\C/C=C\C/C=C\C/C=C\C/C=C\C/C=C\CCCCCCCCCC(=O)NC(COC1OC(CO)C(O)C(O)C1O)C(O)/C=C/CCCCCCCCCCCCCCCCCCCCCCCCCCCC. The first-order valence-corrected chi connectivity index (χ1v) is 35.8. The second-order valence-corrected chi connectivity index (χ2v) is 24.3. The van der Waals surface area contributed by atoms with Crippen LogP contribution in [0.2, 0.25) is 0 Å². The Kier molecular flexibility index (Phi) is 60.5. The summed E-state index contributed by atoms with van der Waals surface area (Å²) < 4.78 is 11.3. The van der Waals surface area contributed by atoms with Gasteiger partial charge in [0.1, 0.15) is 24.4 Å². The first-order chi connectivity index (χ1) is 42.3. The van der Waals surface area contributed by atoms with Gasteiger partial charge in [-0.2, -0.15) is 0 Å². The number of hydrogen-bond acceptors (Lipinski definition) is 8. The zero-order chi connectivity index (χ0) is 62.1. The molecule has 0 aromatic rings. The predicted octanol–water partition coefficient (Wildman–Crippen LogP) is 19.8. The average Bonchev–Trinajstić information content (AvgIpc) is 3.65. The van der Waals surface area contributed by atoms with Crippen LogP contribution in [0.1, 0.15) is 303 Å². The smallest absolute Gasteiger partial charge is 0.220 e. The van der Waals surface area contributed by atoms with Gasteiger partial charge in [0.25, 0.3) is 0 Å². The topological polar surface area (TPSA) is 149 Å². The van der Waals surface area contributed by atoms with E-state index in [2.05, 4.69) is 129 Å². The molecule has 1 saturated heterocycles. The number of amides is 1. The Balaban J connectivity index is 2.17. The van der Waals surface area contributed by atoms with E-state index < -0.39 is 49.5 Å². The highest BCUT2D eigenvalue weighted by Crippen LogP contribution is 2.23. The molecule has 7 unspecified atom stereocenters. The molecule has 86 heavy (non-hydrogen) atoms. The maximum atomic E-state index is 13.1. The van der Waals surface area contributed by atoms with E-state index in [0.717, 1.165) is 109 Å². The van der Waals surface area contributed by atoms with Gasteiger partial charge in [-0.15, -0.1) is 0 Å². The molecular formula is C77H133NO8. The molecule has 6 N–H and O–H groups in total. The number of carbonyl (C=O) groups is 1. The summed E-state index contributed by atoms with van der Waals surface area (Å²) in [5.41, 5.74) is 0. The summed E-state index contributed by atoms with van der Waals surface area (Å²) >= 11 is 0. The fraction of sp³-hybridized carbons (Fsp3) is 0.727. The van der Waals surface area contributed by atoms with E-state index in [1.54, 1.807) is 6.08 Å². The third-order valence-corrected chi connectivity index (χ3v) is 16.3. The minimum absolute atomic E-state index is 0.190. The number of aliphatic hydroxyl groups is 5. The number of rotatable bonds is 61. The fourth-order valence-corrected chi connectivity index (χ4v) is 10.7. The minimum Gasteiger partial charge on any atom is -0.394 e. The van der Waals surface area contributed by atoms with Gasteiger partial charge in [0, 0.05) is 6.42 Å². The zero-order valence-electron chi connectivity index (χ0n) is 55.3. The van der Waals surface area contributed by atoms with E-state index in [9.17, 15) is 30.3 Å². The molecule has 1 amide bonds. The summed E-state index contributed by atoms with van der Waals surface area (Å²) in [6, 6.07) is -0.822. The van der Waals surface area contributed by atoms with Crippen molar-refractivity contribution < 1.29 is 39.8 Å². The van der Waals surface area contributed by atoms with Crippen molar-refractivity contribution in [3.63, 3.8) is 0 Å². The molecule has 1 rings (SSSR count). The summed E-state index contributed by atoms with van der Waals surface area (Å²) in [5.74, 6) is -0.190. The third-order valence-electron chi connectivity index (χ3n) is 16.3. The third kappa shape index (κ3) is 52.5. The molecule has 1 fully saturated rings. The van der Waals surface area contributed by atoms with Gasteiger partial charge in [0.15, 0.2) is 6.29 Å². The van der Waals surface area contributed by atoms with Gasteiger partial charge < -0.3 is 40.3 Å². The van der Waals surface area contributed by atoms with Gasteiger partial charge in [0.2, 0.25) is 5.91 Å². The quantitative estimate of drug-likeness (QED) is 0.0261. The van der Waals surface area contributed by atoms with Crippen LogP contribution in [0.25, 0.3) is 0 Å². The van der Waals surface area contributed by atoms with E-state index in [1.807, 2.05) is 6.08 Å². The van der Waals surface area contributed by atoms with Crippen LogP contribution in [0.15, 0.2) is 122 Å². The lowest BCUT2D eigenvalue weighted by Gasteiger charge is -2.40. The monoisotopic (exact) mass is 1200 g/mol. The lowest BCUT2D eigenvalue weighted by Crippen LogP contribution is -2.60. The van der Waals surface area contributed by atoms with Crippen molar-refractivity contribution in [3.05, 3.63) is 122 Å². The van der Waals surface area contributed by atoms with Crippen molar-refractivity contribution in [2.75, 3.05) is 13.2 Å². The molecule has 0 aromatic heterocycles. The molecule has 0 radical (unpaired) electrons. The standard InChI is InChI=1S/C77H133NO8/c1-3-5-7-9-11-13-15-17-19-21-23-25-27-29-31-33-34-35-36-37-38-39-41-43-45-47-49-51-53-55-57-59-61-63-65-67-73(81)78-70(69-85-77-76(84)75(83)74(82)72(68-79)86-77)71(80)66-64-62-60-58-56-54-52-50-48-46-44-42-40-32-30-28-26-24-22-20-18-16-14-12-10-8-6-4-2/h5,7,11,13,17,19,23,25,29,31,34-35,37-38,41,43,47,49,64,66,70-72,74-77,79-80,82-84H,3-4,6,8-10,12,14-16,18,20-22,24,26-28,30,32-33,36,39-40,42,44-46,48,50-63,65,67-69H2,1-2H3,(H,78,81)/b7-5-,13-11-,19-17-,25-23-,31-29-,35-34-,38-37-,43-41-,49-47-,66-64+. The molecular weight excluding hydrogens is 1070 g/mol. The summed E-state index contributed by atoms with van der Waals surface area (Å²) in [7, 11) is 0. The normalized spacial score (nSPS) is 18.8. The first-order valence-electron chi connectivity index (χ1n) is 35.8. The van der Waals surface area contributed by atoms with Crippen LogP contribution in [0.3, 0.4) is 0 Å². The summed E-state index contributed by atoms with van der Waals surface area (Å²) in [6.07, 6.45) is 90.1. The molecule has 494 valence electrons. The number of nitrogens with one attached hydrogen (secondary N) is 1. The highest BCUT2D eigenvalue weighted by Gasteiger charge is 2.44. The van der Waals surface area contributed by atoms with Crippen molar-refractivity contribution in [2.45, 2.75) is 346 Å². The van der Waals surface area contributed by atoms with E-state index in [4.69, 9.17) is 9.47 Å². The van der Waals surface area contributed by atoms with Crippen LogP contribution in [0.4, 0.5) is 0 Å². The number of aliphatic hydroxyl groups excluding tert-OH is 5. The van der Waals surface area contributed by atoms with Crippen LogP contribution in [0, 0.1) is 0 Å². The van der Waals surface area contributed by atoms with E-state index in [-0.39, 0.29) is 12.5 Å². The van der Waals surface area contributed by atoms with Crippen LogP contribution in [-0.4, -0.2) is 87.5 Å². The van der Waals surface area contributed by atoms with Crippen LogP contribution in [-0.2, 0) is 14.3 Å². The highest BCUT2D eigenvalue weighted by molar-refractivity contribution is 5.76. The Morgan fingerprint density at radius 1 is 0.407 bits per heavy atom. The van der Waals surface area contributed by atoms with Gasteiger partial charge >= 0.3 is 0 Å². The molecule has 0 aromatic carbocycles. The molecule has 0 bridgehead atoms. The number of ether oxygens (including phenoxy) is 2. The van der Waals surface area contributed by atoms with Gasteiger partial charge in [-0.1, -0.05) is 328 Å². The van der Waals surface area contributed by atoms with Crippen molar-refractivity contribution in [1.29, 1.82) is 0 Å². The first kappa shape index (κ1) is 80.6. The molecule has 9 heteroatoms. The molecule has 7 atom stereocenters. The molecule has 0 saturated carbocycles. The molecule has 0 spiro atoms. The molecule has 1 heterocycles. The van der Waals surface area contributed by atoms with E-state index in [1.165, 1.54) is 173 Å². The second-order valence-electron chi connectivity index (χ2n) is 24.3. The minimum atomic E-state index is -1.58. The largest absolute Gasteiger partial charge is 0.394 e. The van der Waals surface area contributed by atoms with Crippen LogP contribution >= 0.6 is 0 Å². The lowest BCUT2D eigenvalue weighted by molar-refractivity contribution is -0.302. The number of carbonyl (C=O) groups excluding carboxylic acids is 1. The number of unbranched alkanes of at least 4 members (excludes halogenated alkanes) is 33. The summed E-state index contributed by atoms with van der Waals surface area (Å²) in [4.78, 5) is 13.1. The Morgan fingerprint density at radius 2 is 0.721 bits per heavy atom. The number of allylic oxidation sites excluding steroid dienone is 19. The van der Waals surface area contributed by atoms with Gasteiger partial charge in [0.05, 0.1) is 25.4 Å². The van der Waals surface area contributed by atoms with Crippen molar-refractivity contribution in [2.24, 2.45) is 0 Å². The van der Waals surface area contributed by atoms with Crippen LogP contribution in [0.5, 0.6) is 0 Å². The van der Waals surface area contributed by atoms with Crippen molar-refractivity contribution in [1.82, 2.24) is 5.32 Å². The maximum absolute atomic E-state index is 13.1.